The van der Waals surface area contributed by atoms with Crippen molar-refractivity contribution >= 4 is 69.1 Å². The lowest BCUT2D eigenvalue weighted by Gasteiger charge is -2.47. The highest BCUT2D eigenvalue weighted by molar-refractivity contribution is 8.01. The van der Waals surface area contributed by atoms with Crippen LogP contribution < -0.4 is 11.1 Å². The summed E-state index contributed by atoms with van der Waals surface area (Å²) in [5.74, 6) is 0.720. The highest BCUT2D eigenvalue weighted by Gasteiger charge is 2.49. The van der Waals surface area contributed by atoms with E-state index in [1.165, 1.54) is 11.3 Å². The Kier molecular flexibility index (Phi) is 7.50. The molecule has 4 heterocycles. The number of carbonyl (C=O) groups excluding carboxylic acids is 2. The smallest absolute Gasteiger partial charge is 0.278 e. The maximum absolute atomic E-state index is 13.2. The first-order valence-electron chi connectivity index (χ1n) is 10.7. The van der Waals surface area contributed by atoms with Crippen LogP contribution in [-0.4, -0.2) is 64.9 Å². The third-order valence-electron chi connectivity index (χ3n) is 5.29. The van der Waals surface area contributed by atoms with E-state index in [0.29, 0.717) is 0 Å². The molecule has 5 rings (SSSR count). The van der Waals surface area contributed by atoms with Crippen molar-refractivity contribution in [3.05, 3.63) is 59.0 Å². The van der Waals surface area contributed by atoms with Gasteiger partial charge in [-0.15, -0.1) is 22.0 Å². The third-order valence-corrected chi connectivity index (χ3v) is 9.18. The average Bonchev–Trinajstić information content (AvgIpc) is 3.58. The maximum atomic E-state index is 13.2. The van der Waals surface area contributed by atoms with Gasteiger partial charge in [0.15, 0.2) is 9.47 Å². The molecule has 1 fully saturated rings. The predicted molar refractivity (Wildman–Crippen MR) is 141 cm³/mol. The second-order valence-corrected chi connectivity index (χ2v) is 11.7. The molecular weight excluding hydrogens is 541 g/mol. The molecule has 11 nitrogen and oxygen atoms in total. The summed E-state index contributed by atoms with van der Waals surface area (Å²) in [6.07, 6.45) is 1.45. The Bertz CT molecular complexity index is 1300. The zero-order valence-electron chi connectivity index (χ0n) is 18.8. The minimum absolute atomic E-state index is 0.0473. The van der Waals surface area contributed by atoms with Crippen LogP contribution in [0.2, 0.25) is 0 Å². The standard InChI is InChI=1S/C21H20N8O3S4/c1-11(13-5-3-2-4-6-13)32-27-14(16-25-20(22)36-28-16)17(30)24-15-18(31)29-7-12(8-33-19(15)29)9-34-21-26-23-10-35-21/h2-7,10-11,15,19H,8-9H2,1H3,(H,24,30)(H2,22,25,28)/t11?,15?,19-/m0/s1. The number of β-lactam (4-membered cyclic amide) rings is 1. The summed E-state index contributed by atoms with van der Waals surface area (Å²) < 4.78 is 4.99. The number of carbonyl (C=O) groups is 2. The van der Waals surface area contributed by atoms with Gasteiger partial charge in [0.25, 0.3) is 11.8 Å². The quantitative estimate of drug-likeness (QED) is 0.173. The van der Waals surface area contributed by atoms with Crippen LogP contribution in [0.5, 0.6) is 0 Å². The van der Waals surface area contributed by atoms with Gasteiger partial charge in [-0.25, -0.2) is 0 Å². The number of fused-ring (bicyclic) bond motifs is 1. The lowest BCUT2D eigenvalue weighted by Crippen LogP contribution is -2.69. The molecule has 2 unspecified atom stereocenters. The zero-order valence-corrected chi connectivity index (χ0v) is 22.1. The number of nitrogen functional groups attached to an aromatic ring is 1. The van der Waals surface area contributed by atoms with Gasteiger partial charge in [0.1, 0.15) is 23.0 Å². The third kappa shape index (κ3) is 5.38. The molecule has 15 heteroatoms. The number of amides is 2. The first-order valence-corrected chi connectivity index (χ1v) is 14.4. The zero-order chi connectivity index (χ0) is 25.1. The van der Waals surface area contributed by atoms with Crippen LogP contribution >= 0.6 is 46.4 Å². The van der Waals surface area contributed by atoms with Crippen molar-refractivity contribution in [1.82, 2.24) is 29.8 Å². The predicted octanol–water partition coefficient (Wildman–Crippen LogP) is 2.53. The van der Waals surface area contributed by atoms with Gasteiger partial charge in [0, 0.05) is 29.2 Å². The molecule has 3 aromatic rings. The van der Waals surface area contributed by atoms with Crippen molar-refractivity contribution in [3.63, 3.8) is 0 Å². The van der Waals surface area contributed by atoms with Crippen LogP contribution in [0.3, 0.4) is 0 Å². The molecule has 0 aliphatic carbocycles. The number of nitrogens with zero attached hydrogens (tertiary/aromatic N) is 6. The number of aromatic nitrogens is 4. The normalized spacial score (nSPS) is 20.2. The van der Waals surface area contributed by atoms with Gasteiger partial charge in [-0.1, -0.05) is 58.6 Å². The monoisotopic (exact) mass is 560 g/mol. The van der Waals surface area contributed by atoms with E-state index in [1.54, 1.807) is 33.9 Å². The van der Waals surface area contributed by atoms with Gasteiger partial charge in [-0.05, 0) is 18.1 Å². The number of hydrogen-bond acceptors (Lipinski definition) is 13. The van der Waals surface area contributed by atoms with Gasteiger partial charge in [-0.3, -0.25) is 9.59 Å². The van der Waals surface area contributed by atoms with Crippen molar-refractivity contribution in [3.8, 4) is 0 Å². The Morgan fingerprint density at radius 2 is 2.22 bits per heavy atom. The largest absolute Gasteiger partial charge is 0.387 e. The summed E-state index contributed by atoms with van der Waals surface area (Å²) in [5.41, 5.74) is 9.28. The first kappa shape index (κ1) is 24.7. The van der Waals surface area contributed by atoms with Gasteiger partial charge in [0.2, 0.25) is 11.5 Å². The Balaban J connectivity index is 1.25. The summed E-state index contributed by atoms with van der Waals surface area (Å²) in [6.45, 7) is 1.82. The van der Waals surface area contributed by atoms with Crippen molar-refractivity contribution < 1.29 is 14.4 Å². The molecule has 2 aliphatic rings. The van der Waals surface area contributed by atoms with E-state index in [0.717, 1.165) is 38.5 Å². The van der Waals surface area contributed by atoms with Crippen LogP contribution in [0.4, 0.5) is 5.13 Å². The Hall–Kier alpha value is -3.01. The summed E-state index contributed by atoms with van der Waals surface area (Å²) in [7, 11) is 0. The fourth-order valence-electron chi connectivity index (χ4n) is 3.46. The summed E-state index contributed by atoms with van der Waals surface area (Å²) in [4.78, 5) is 37.3. The molecule has 0 spiro atoms. The average molecular weight is 561 g/mol. The molecule has 0 radical (unpaired) electrons. The SMILES string of the molecule is CC(ON=C(C(=O)NC1C(=O)N2C=C(CSc3nncs3)CS[C@@H]12)c1nsc(N)n1)c1ccccc1. The highest BCUT2D eigenvalue weighted by atomic mass is 32.2. The molecule has 36 heavy (non-hydrogen) atoms. The fourth-order valence-corrected chi connectivity index (χ4v) is 6.73. The number of hydrogen-bond donors (Lipinski definition) is 2. The van der Waals surface area contributed by atoms with Crippen molar-refractivity contribution in [2.75, 3.05) is 17.2 Å². The number of nitrogens with two attached hydrogens (primary N) is 1. The number of benzene rings is 1. The minimum atomic E-state index is -0.691. The molecule has 0 bridgehead atoms. The molecule has 3 atom stereocenters. The summed E-state index contributed by atoms with van der Waals surface area (Å²) in [5, 5.41) is 14.7. The second-order valence-electron chi connectivity index (χ2n) is 7.73. The Labute approximate surface area is 222 Å². The van der Waals surface area contributed by atoms with E-state index < -0.39 is 18.1 Å². The molecule has 2 aliphatic heterocycles. The van der Waals surface area contributed by atoms with Crippen molar-refractivity contribution in [2.24, 2.45) is 5.16 Å². The molecule has 1 saturated heterocycles. The summed E-state index contributed by atoms with van der Waals surface area (Å²) >= 11 is 5.61. The van der Waals surface area contributed by atoms with Crippen LogP contribution in [0.1, 0.15) is 24.4 Å². The van der Waals surface area contributed by atoms with Crippen LogP contribution in [0.15, 0.2) is 57.1 Å². The second kappa shape index (κ2) is 10.9. The van der Waals surface area contributed by atoms with E-state index >= 15 is 0 Å². The van der Waals surface area contributed by atoms with E-state index in [4.69, 9.17) is 10.6 Å². The lowest BCUT2D eigenvalue weighted by atomic mass is 10.1. The topological polar surface area (TPSA) is 149 Å². The summed E-state index contributed by atoms with van der Waals surface area (Å²) in [6, 6.07) is 8.78. The van der Waals surface area contributed by atoms with Gasteiger partial charge in [-0.2, -0.15) is 9.36 Å². The fraction of sp³-hybridized carbons (Fsp3) is 0.286. The number of rotatable bonds is 9. The molecule has 1 aromatic carbocycles. The van der Waals surface area contributed by atoms with E-state index in [1.807, 2.05) is 43.5 Å². The van der Waals surface area contributed by atoms with Crippen LogP contribution in [0, 0.1) is 0 Å². The van der Waals surface area contributed by atoms with Gasteiger partial charge < -0.3 is 20.8 Å². The van der Waals surface area contributed by atoms with E-state index in [-0.39, 0.29) is 27.9 Å². The first-order chi connectivity index (χ1) is 17.5. The lowest BCUT2D eigenvalue weighted by molar-refractivity contribution is -0.143. The van der Waals surface area contributed by atoms with E-state index in [9.17, 15) is 9.59 Å². The molecule has 0 saturated carbocycles. The molecule has 186 valence electrons. The Morgan fingerprint density at radius 3 is 2.94 bits per heavy atom. The van der Waals surface area contributed by atoms with Crippen LogP contribution in [0.25, 0.3) is 0 Å². The highest BCUT2D eigenvalue weighted by Crippen LogP contribution is 2.37. The number of thioether (sulfide) groups is 2. The van der Waals surface area contributed by atoms with Gasteiger partial charge >= 0.3 is 0 Å². The van der Waals surface area contributed by atoms with Crippen molar-refractivity contribution in [2.45, 2.75) is 28.8 Å². The van der Waals surface area contributed by atoms with Crippen molar-refractivity contribution in [1.29, 1.82) is 0 Å². The number of nitrogens with one attached hydrogen (secondary N) is 1. The number of oxime groups is 1. The van der Waals surface area contributed by atoms with Crippen LogP contribution in [-0.2, 0) is 14.4 Å². The number of anilines is 1. The molecule has 2 amide bonds. The molecular formula is C21H20N8O3S4. The van der Waals surface area contributed by atoms with Gasteiger partial charge in [0.05, 0.1) is 0 Å². The minimum Gasteiger partial charge on any atom is -0.387 e. The van der Waals surface area contributed by atoms with E-state index in [2.05, 4.69) is 30.0 Å². The molecule has 3 N–H and O–H groups in total. The maximum Gasteiger partial charge on any atom is 0.278 e. The molecule has 2 aromatic heterocycles. The Morgan fingerprint density at radius 1 is 1.39 bits per heavy atom.